The molecule has 0 aliphatic heterocycles. The molecule has 1 N–H and O–H groups in total. The highest BCUT2D eigenvalue weighted by atomic mass is 79.9. The van der Waals surface area contributed by atoms with Gasteiger partial charge in [0.15, 0.2) is 5.82 Å². The average molecular weight is 349 g/mol. The van der Waals surface area contributed by atoms with Crippen LogP contribution in [-0.4, -0.2) is 15.2 Å². The van der Waals surface area contributed by atoms with E-state index in [4.69, 9.17) is 4.52 Å². The number of halogens is 2. The summed E-state index contributed by atoms with van der Waals surface area (Å²) in [6.07, 6.45) is 0.493. The molecule has 0 bridgehead atoms. The fourth-order valence-electron chi connectivity index (χ4n) is 1.90. The first-order valence-corrected chi connectivity index (χ1v) is 6.97. The van der Waals surface area contributed by atoms with Crippen molar-refractivity contribution in [2.24, 2.45) is 0 Å². The number of phenolic OH excluding ortho intramolecular Hbond substituents is 1. The molecule has 0 fully saturated rings. The molecule has 1 heterocycles. The third-order valence-corrected chi connectivity index (χ3v) is 3.46. The number of hydrogen-bond donors (Lipinski definition) is 1. The molecule has 0 amide bonds. The molecule has 0 atom stereocenters. The van der Waals surface area contributed by atoms with Crippen LogP contribution in [0, 0.1) is 5.82 Å². The Morgan fingerprint density at radius 3 is 2.67 bits per heavy atom. The number of phenols is 1. The number of hydrogen-bond acceptors (Lipinski definition) is 4. The largest absolute Gasteiger partial charge is 0.507 e. The van der Waals surface area contributed by atoms with Gasteiger partial charge in [0, 0.05) is 10.9 Å². The Morgan fingerprint density at radius 1 is 1.14 bits per heavy atom. The summed E-state index contributed by atoms with van der Waals surface area (Å²) in [4.78, 5) is 4.18. The second kappa shape index (κ2) is 5.65. The standard InChI is InChI=1S/C15H10BrFN2O2/c16-10-3-1-9(2-4-10)7-14-18-15(21-19-14)12-8-11(17)5-6-13(12)20/h1-6,8,20H,7H2. The summed E-state index contributed by atoms with van der Waals surface area (Å²) in [7, 11) is 0. The molecule has 6 heteroatoms. The summed E-state index contributed by atoms with van der Waals surface area (Å²) < 4.78 is 19.3. The van der Waals surface area contributed by atoms with Gasteiger partial charge >= 0.3 is 0 Å². The molecule has 0 saturated heterocycles. The molecule has 0 unspecified atom stereocenters. The van der Waals surface area contributed by atoms with Crippen molar-refractivity contribution in [1.29, 1.82) is 0 Å². The average Bonchev–Trinajstić information content (AvgIpc) is 2.92. The van der Waals surface area contributed by atoms with Crippen molar-refractivity contribution >= 4 is 15.9 Å². The van der Waals surface area contributed by atoms with Crippen LogP contribution in [0.2, 0.25) is 0 Å². The number of aromatic hydroxyl groups is 1. The molecule has 0 radical (unpaired) electrons. The van der Waals surface area contributed by atoms with E-state index in [1.807, 2.05) is 24.3 Å². The Balaban J connectivity index is 1.86. The van der Waals surface area contributed by atoms with Crippen molar-refractivity contribution in [2.75, 3.05) is 0 Å². The lowest BCUT2D eigenvalue weighted by Gasteiger charge is -1.98. The van der Waals surface area contributed by atoms with Crippen molar-refractivity contribution in [1.82, 2.24) is 10.1 Å². The number of rotatable bonds is 3. The monoisotopic (exact) mass is 348 g/mol. The Hall–Kier alpha value is -2.21. The van der Waals surface area contributed by atoms with Crippen molar-refractivity contribution in [3.05, 3.63) is 64.1 Å². The lowest BCUT2D eigenvalue weighted by atomic mass is 10.1. The molecule has 0 spiro atoms. The second-order valence-corrected chi connectivity index (χ2v) is 5.40. The second-order valence-electron chi connectivity index (χ2n) is 4.48. The maximum atomic E-state index is 13.2. The lowest BCUT2D eigenvalue weighted by Crippen LogP contribution is -1.90. The molecule has 1 aromatic heterocycles. The molecule has 21 heavy (non-hydrogen) atoms. The predicted molar refractivity (Wildman–Crippen MR) is 78.3 cm³/mol. The van der Waals surface area contributed by atoms with Gasteiger partial charge in [0.2, 0.25) is 0 Å². The molecule has 4 nitrogen and oxygen atoms in total. The number of benzene rings is 2. The summed E-state index contributed by atoms with van der Waals surface area (Å²) in [6, 6.07) is 11.3. The smallest absolute Gasteiger partial charge is 0.261 e. The van der Waals surface area contributed by atoms with Gasteiger partial charge in [-0.2, -0.15) is 4.98 Å². The van der Waals surface area contributed by atoms with Gasteiger partial charge in [0.25, 0.3) is 5.89 Å². The normalized spacial score (nSPS) is 10.8. The van der Waals surface area contributed by atoms with Gasteiger partial charge < -0.3 is 9.63 Å². The van der Waals surface area contributed by atoms with Crippen molar-refractivity contribution in [3.8, 4) is 17.2 Å². The van der Waals surface area contributed by atoms with E-state index in [1.54, 1.807) is 0 Å². The third-order valence-electron chi connectivity index (χ3n) is 2.93. The van der Waals surface area contributed by atoms with Crippen LogP contribution < -0.4 is 0 Å². The van der Waals surface area contributed by atoms with E-state index in [-0.39, 0.29) is 17.2 Å². The molecule has 0 aliphatic rings. The summed E-state index contributed by atoms with van der Waals surface area (Å²) >= 11 is 3.37. The minimum atomic E-state index is -0.476. The number of nitrogens with zero attached hydrogens (tertiary/aromatic N) is 2. The Morgan fingerprint density at radius 2 is 1.90 bits per heavy atom. The minimum absolute atomic E-state index is 0.0964. The Kier molecular flexibility index (Phi) is 3.70. The van der Waals surface area contributed by atoms with E-state index in [1.165, 1.54) is 6.07 Å². The quantitative estimate of drug-likeness (QED) is 0.778. The lowest BCUT2D eigenvalue weighted by molar-refractivity contribution is 0.418. The van der Waals surface area contributed by atoms with Crippen LogP contribution in [0.4, 0.5) is 4.39 Å². The first kappa shape index (κ1) is 13.8. The van der Waals surface area contributed by atoms with Gasteiger partial charge in [0.05, 0.1) is 5.56 Å². The van der Waals surface area contributed by atoms with E-state index < -0.39 is 5.82 Å². The van der Waals surface area contributed by atoms with Crippen LogP contribution in [0.3, 0.4) is 0 Å². The fourth-order valence-corrected chi connectivity index (χ4v) is 2.16. The SMILES string of the molecule is Oc1ccc(F)cc1-c1nc(Cc2ccc(Br)cc2)no1. The van der Waals surface area contributed by atoms with E-state index in [0.29, 0.717) is 12.2 Å². The van der Waals surface area contributed by atoms with Gasteiger partial charge in [-0.05, 0) is 35.9 Å². The molecule has 2 aromatic carbocycles. The molecular weight excluding hydrogens is 339 g/mol. The van der Waals surface area contributed by atoms with Crippen LogP contribution in [0.1, 0.15) is 11.4 Å². The van der Waals surface area contributed by atoms with E-state index >= 15 is 0 Å². The van der Waals surface area contributed by atoms with Gasteiger partial charge in [0.1, 0.15) is 11.6 Å². The van der Waals surface area contributed by atoms with Crippen molar-refractivity contribution in [2.45, 2.75) is 6.42 Å². The predicted octanol–water partition coefficient (Wildman–Crippen LogP) is 3.93. The highest BCUT2D eigenvalue weighted by Gasteiger charge is 2.14. The highest BCUT2D eigenvalue weighted by Crippen LogP contribution is 2.28. The molecule has 0 saturated carbocycles. The molecule has 3 aromatic rings. The van der Waals surface area contributed by atoms with Gasteiger partial charge in [-0.15, -0.1) is 0 Å². The van der Waals surface area contributed by atoms with Crippen LogP contribution in [0.25, 0.3) is 11.5 Å². The summed E-state index contributed by atoms with van der Waals surface area (Å²) in [5.74, 6) is -0.0132. The third kappa shape index (κ3) is 3.11. The zero-order valence-corrected chi connectivity index (χ0v) is 12.3. The highest BCUT2D eigenvalue weighted by molar-refractivity contribution is 9.10. The Bertz CT molecular complexity index is 772. The van der Waals surface area contributed by atoms with Gasteiger partial charge in [-0.1, -0.05) is 33.2 Å². The van der Waals surface area contributed by atoms with E-state index in [0.717, 1.165) is 22.2 Å². The van der Waals surface area contributed by atoms with Crippen molar-refractivity contribution in [3.63, 3.8) is 0 Å². The van der Waals surface area contributed by atoms with Crippen LogP contribution in [-0.2, 0) is 6.42 Å². The first-order valence-electron chi connectivity index (χ1n) is 6.18. The summed E-state index contributed by atoms with van der Waals surface area (Å²) in [5.41, 5.74) is 1.21. The minimum Gasteiger partial charge on any atom is -0.507 e. The van der Waals surface area contributed by atoms with Crippen LogP contribution in [0.5, 0.6) is 5.75 Å². The summed E-state index contributed by atoms with van der Waals surface area (Å²) in [5, 5.41) is 13.6. The number of aromatic nitrogens is 2. The zero-order chi connectivity index (χ0) is 14.8. The fraction of sp³-hybridized carbons (Fsp3) is 0.0667. The molecule has 106 valence electrons. The molecule has 3 rings (SSSR count). The molecule has 0 aliphatic carbocycles. The van der Waals surface area contributed by atoms with E-state index in [2.05, 4.69) is 26.1 Å². The first-order chi connectivity index (χ1) is 10.1. The zero-order valence-electron chi connectivity index (χ0n) is 10.8. The topological polar surface area (TPSA) is 59.2 Å². The van der Waals surface area contributed by atoms with Crippen LogP contribution >= 0.6 is 15.9 Å². The van der Waals surface area contributed by atoms with Gasteiger partial charge in [-0.25, -0.2) is 4.39 Å². The molecular formula is C15H10BrFN2O2. The van der Waals surface area contributed by atoms with Crippen LogP contribution in [0.15, 0.2) is 51.5 Å². The maximum absolute atomic E-state index is 13.2. The maximum Gasteiger partial charge on any atom is 0.261 e. The van der Waals surface area contributed by atoms with Gasteiger partial charge in [-0.3, -0.25) is 0 Å². The van der Waals surface area contributed by atoms with Crippen molar-refractivity contribution < 1.29 is 14.0 Å². The van der Waals surface area contributed by atoms with E-state index in [9.17, 15) is 9.50 Å². The Labute approximate surface area is 128 Å². The summed E-state index contributed by atoms with van der Waals surface area (Å²) in [6.45, 7) is 0.